The Morgan fingerprint density at radius 1 is 1.04 bits per heavy atom. The molecule has 0 unspecified atom stereocenters. The highest BCUT2D eigenvalue weighted by molar-refractivity contribution is 6.02. The van der Waals surface area contributed by atoms with Crippen molar-refractivity contribution < 1.29 is 4.79 Å². The highest BCUT2D eigenvalue weighted by Crippen LogP contribution is 2.30. The average molecular weight is 370 g/mol. The molecule has 0 bridgehead atoms. The van der Waals surface area contributed by atoms with Gasteiger partial charge in [0.1, 0.15) is 5.82 Å². The Hall–Kier alpha value is -3.34. The number of rotatable bonds is 3. The summed E-state index contributed by atoms with van der Waals surface area (Å²) in [6, 6.07) is 16.3. The van der Waals surface area contributed by atoms with E-state index in [1.807, 2.05) is 47.6 Å². The standard InChI is InChI=1S/C23H22N4O/c28-23(27-12-8-17(9-13-27)22-24-10-11-25-22)18-6-7-19-20(15-26-21(19)14-18)16-4-2-1-3-5-16/h1-7,10-11,14-15,17,26H,8-9,12-13H2,(H,24,25). The number of carbonyl (C=O) groups excluding carboxylic acids is 1. The molecule has 1 aliphatic rings. The lowest BCUT2D eigenvalue weighted by molar-refractivity contribution is 0.0711. The molecule has 1 amide bonds. The highest BCUT2D eigenvalue weighted by Gasteiger charge is 2.26. The van der Waals surface area contributed by atoms with E-state index in [9.17, 15) is 4.79 Å². The van der Waals surface area contributed by atoms with Gasteiger partial charge in [-0.05, 0) is 30.5 Å². The first kappa shape index (κ1) is 16.8. The van der Waals surface area contributed by atoms with E-state index in [1.54, 1.807) is 6.20 Å². The lowest BCUT2D eigenvalue weighted by Crippen LogP contribution is -2.38. The van der Waals surface area contributed by atoms with Crippen molar-refractivity contribution in [3.05, 3.63) is 78.5 Å². The molecule has 2 N–H and O–H groups in total. The fourth-order valence-electron chi connectivity index (χ4n) is 4.16. The zero-order valence-corrected chi connectivity index (χ0v) is 15.6. The zero-order chi connectivity index (χ0) is 18.9. The molecule has 5 heteroatoms. The molecule has 1 fully saturated rings. The van der Waals surface area contributed by atoms with Gasteiger partial charge in [0.05, 0.1) is 0 Å². The van der Waals surface area contributed by atoms with Crippen LogP contribution in [0.25, 0.3) is 22.0 Å². The van der Waals surface area contributed by atoms with Gasteiger partial charge in [0.2, 0.25) is 0 Å². The fraction of sp³-hybridized carbons (Fsp3) is 0.217. The van der Waals surface area contributed by atoms with Gasteiger partial charge >= 0.3 is 0 Å². The molecule has 3 heterocycles. The molecule has 1 aliphatic heterocycles. The summed E-state index contributed by atoms with van der Waals surface area (Å²) < 4.78 is 0. The molecule has 2 aromatic heterocycles. The summed E-state index contributed by atoms with van der Waals surface area (Å²) in [7, 11) is 0. The van der Waals surface area contributed by atoms with Crippen molar-refractivity contribution in [3.63, 3.8) is 0 Å². The first-order chi connectivity index (χ1) is 13.8. The van der Waals surface area contributed by atoms with E-state index >= 15 is 0 Å². The van der Waals surface area contributed by atoms with Crippen LogP contribution in [-0.2, 0) is 0 Å². The minimum absolute atomic E-state index is 0.107. The van der Waals surface area contributed by atoms with E-state index in [4.69, 9.17) is 0 Å². The van der Waals surface area contributed by atoms with E-state index in [2.05, 4.69) is 33.2 Å². The minimum atomic E-state index is 0.107. The number of aromatic nitrogens is 3. The van der Waals surface area contributed by atoms with Crippen LogP contribution in [-0.4, -0.2) is 38.8 Å². The van der Waals surface area contributed by atoms with Crippen molar-refractivity contribution in [3.8, 4) is 11.1 Å². The largest absolute Gasteiger partial charge is 0.361 e. The topological polar surface area (TPSA) is 64.8 Å². The Balaban J connectivity index is 1.34. The Kier molecular flexibility index (Phi) is 4.20. The van der Waals surface area contributed by atoms with Crippen LogP contribution in [0.5, 0.6) is 0 Å². The third-order valence-corrected chi connectivity index (χ3v) is 5.70. The van der Waals surface area contributed by atoms with Gasteiger partial charge in [-0.15, -0.1) is 0 Å². The number of aromatic amines is 2. The Morgan fingerprint density at radius 2 is 1.86 bits per heavy atom. The quantitative estimate of drug-likeness (QED) is 0.554. The smallest absolute Gasteiger partial charge is 0.253 e. The number of likely N-dealkylation sites (tertiary alicyclic amines) is 1. The summed E-state index contributed by atoms with van der Waals surface area (Å²) >= 11 is 0. The summed E-state index contributed by atoms with van der Waals surface area (Å²) in [6.45, 7) is 1.53. The van der Waals surface area contributed by atoms with E-state index in [-0.39, 0.29) is 5.91 Å². The van der Waals surface area contributed by atoms with Gasteiger partial charge in [0, 0.05) is 59.6 Å². The number of H-pyrrole nitrogens is 2. The first-order valence-electron chi connectivity index (χ1n) is 9.75. The van der Waals surface area contributed by atoms with Crippen LogP contribution >= 0.6 is 0 Å². The normalized spacial score (nSPS) is 15.2. The number of hydrogen-bond donors (Lipinski definition) is 2. The van der Waals surface area contributed by atoms with Crippen molar-refractivity contribution in [2.45, 2.75) is 18.8 Å². The van der Waals surface area contributed by atoms with Crippen LogP contribution in [0.4, 0.5) is 0 Å². The van der Waals surface area contributed by atoms with Gasteiger partial charge < -0.3 is 14.9 Å². The molecular formula is C23H22N4O. The minimum Gasteiger partial charge on any atom is -0.361 e. The van der Waals surface area contributed by atoms with Crippen molar-refractivity contribution in [1.82, 2.24) is 19.9 Å². The third kappa shape index (κ3) is 2.99. The van der Waals surface area contributed by atoms with Crippen LogP contribution < -0.4 is 0 Å². The molecule has 28 heavy (non-hydrogen) atoms. The first-order valence-corrected chi connectivity index (χ1v) is 9.75. The summed E-state index contributed by atoms with van der Waals surface area (Å²) in [5.74, 6) is 1.56. The van der Waals surface area contributed by atoms with Gasteiger partial charge in [0.15, 0.2) is 0 Å². The van der Waals surface area contributed by atoms with Gasteiger partial charge in [-0.1, -0.05) is 36.4 Å². The van der Waals surface area contributed by atoms with Gasteiger partial charge in [-0.3, -0.25) is 4.79 Å². The molecule has 1 saturated heterocycles. The lowest BCUT2D eigenvalue weighted by Gasteiger charge is -2.31. The number of benzene rings is 2. The molecule has 0 atom stereocenters. The Morgan fingerprint density at radius 3 is 2.61 bits per heavy atom. The third-order valence-electron chi connectivity index (χ3n) is 5.70. The van der Waals surface area contributed by atoms with Crippen LogP contribution in [0.3, 0.4) is 0 Å². The second-order valence-corrected chi connectivity index (χ2v) is 7.37. The monoisotopic (exact) mass is 370 g/mol. The number of imidazole rings is 1. The number of carbonyl (C=O) groups is 1. The molecule has 0 saturated carbocycles. The number of nitrogens with one attached hydrogen (secondary N) is 2. The van der Waals surface area contributed by atoms with Crippen LogP contribution in [0.15, 0.2) is 67.1 Å². The van der Waals surface area contributed by atoms with Crippen molar-refractivity contribution in [2.75, 3.05) is 13.1 Å². The molecule has 0 spiro atoms. The molecule has 5 nitrogen and oxygen atoms in total. The van der Waals surface area contributed by atoms with Crippen molar-refractivity contribution in [1.29, 1.82) is 0 Å². The molecule has 4 aromatic rings. The number of hydrogen-bond acceptors (Lipinski definition) is 2. The highest BCUT2D eigenvalue weighted by atomic mass is 16.2. The molecule has 0 radical (unpaired) electrons. The van der Waals surface area contributed by atoms with Crippen molar-refractivity contribution >= 4 is 16.8 Å². The number of nitrogens with zero attached hydrogens (tertiary/aromatic N) is 2. The van der Waals surface area contributed by atoms with Crippen molar-refractivity contribution in [2.24, 2.45) is 0 Å². The summed E-state index contributed by atoms with van der Waals surface area (Å²) in [5, 5.41) is 1.14. The second kappa shape index (κ2) is 7.00. The van der Waals surface area contributed by atoms with E-state index in [0.29, 0.717) is 5.92 Å². The Bertz CT molecular complexity index is 1090. The molecular weight excluding hydrogens is 348 g/mol. The number of fused-ring (bicyclic) bond motifs is 1. The zero-order valence-electron chi connectivity index (χ0n) is 15.6. The van der Waals surface area contributed by atoms with Gasteiger partial charge in [-0.25, -0.2) is 4.98 Å². The molecule has 5 rings (SSSR count). The van der Waals surface area contributed by atoms with E-state index in [1.165, 1.54) is 5.56 Å². The SMILES string of the molecule is O=C(c1ccc2c(-c3ccccc3)c[nH]c2c1)N1CCC(c2ncc[nH]2)CC1. The Labute approximate surface area is 163 Å². The molecule has 140 valence electrons. The van der Waals surface area contributed by atoms with E-state index in [0.717, 1.165) is 53.8 Å². The maximum absolute atomic E-state index is 13.0. The summed E-state index contributed by atoms with van der Waals surface area (Å²) in [6.07, 6.45) is 7.57. The lowest BCUT2D eigenvalue weighted by atomic mass is 9.95. The predicted octanol–water partition coefficient (Wildman–Crippen LogP) is 4.58. The summed E-state index contributed by atoms with van der Waals surface area (Å²) in [5.41, 5.74) is 4.07. The second-order valence-electron chi connectivity index (χ2n) is 7.37. The number of piperidine rings is 1. The van der Waals surface area contributed by atoms with E-state index < -0.39 is 0 Å². The summed E-state index contributed by atoms with van der Waals surface area (Å²) in [4.78, 5) is 25.9. The van der Waals surface area contributed by atoms with Gasteiger partial charge in [0.25, 0.3) is 5.91 Å². The predicted molar refractivity (Wildman–Crippen MR) is 110 cm³/mol. The van der Waals surface area contributed by atoms with Crippen LogP contribution in [0, 0.1) is 0 Å². The fourth-order valence-corrected chi connectivity index (χ4v) is 4.16. The molecule has 2 aromatic carbocycles. The maximum Gasteiger partial charge on any atom is 0.253 e. The number of amides is 1. The maximum atomic E-state index is 13.0. The van der Waals surface area contributed by atoms with Crippen LogP contribution in [0.2, 0.25) is 0 Å². The van der Waals surface area contributed by atoms with Gasteiger partial charge in [-0.2, -0.15) is 0 Å². The molecule has 0 aliphatic carbocycles. The van der Waals surface area contributed by atoms with Crippen LogP contribution in [0.1, 0.15) is 34.9 Å². The average Bonchev–Trinajstić information content (AvgIpc) is 3.44.